The Bertz CT molecular complexity index is 518. The Hall–Kier alpha value is -1.38. The van der Waals surface area contributed by atoms with Crippen molar-refractivity contribution in [3.63, 3.8) is 0 Å². The quantitative estimate of drug-likeness (QED) is 0.769. The maximum atomic E-state index is 11.8. The number of rotatable bonds is 7. The number of sulfonamides is 1. The summed E-state index contributed by atoms with van der Waals surface area (Å²) in [7, 11) is -3.35. The van der Waals surface area contributed by atoms with E-state index in [1.54, 1.807) is 24.3 Å². The zero-order valence-electron chi connectivity index (χ0n) is 10.5. The molecule has 0 aromatic heterocycles. The molecule has 98 valence electrons. The first-order valence-corrected chi connectivity index (χ1v) is 7.69. The molecule has 0 aliphatic heterocycles. The second-order valence-corrected chi connectivity index (χ2v) is 5.94. The molecule has 0 heterocycles. The Kier molecular flexibility index (Phi) is 5.83. The summed E-state index contributed by atoms with van der Waals surface area (Å²) < 4.78 is 26.2. The highest BCUT2D eigenvalue weighted by molar-refractivity contribution is 7.88. The van der Waals surface area contributed by atoms with Crippen LogP contribution in [-0.4, -0.2) is 15.0 Å². The molecular formula is C13H18N2O2S. The normalized spacial score (nSPS) is 11.1. The molecule has 0 unspecified atom stereocenters. The summed E-state index contributed by atoms with van der Waals surface area (Å²) in [6.45, 7) is 2.53. The van der Waals surface area contributed by atoms with Crippen molar-refractivity contribution in [3.8, 4) is 6.07 Å². The molecule has 0 saturated heterocycles. The lowest BCUT2D eigenvalue weighted by Gasteiger charge is -2.07. The van der Waals surface area contributed by atoms with Gasteiger partial charge in [0.25, 0.3) is 0 Å². The predicted molar refractivity (Wildman–Crippen MR) is 71.3 cm³/mol. The van der Waals surface area contributed by atoms with Gasteiger partial charge in [0.15, 0.2) is 0 Å². The Morgan fingerprint density at radius 2 is 2.00 bits per heavy atom. The van der Waals surface area contributed by atoms with Gasteiger partial charge in [-0.2, -0.15) is 5.26 Å². The minimum absolute atomic E-state index is 0.136. The maximum absolute atomic E-state index is 11.8. The standard InChI is InChI=1S/C13H18N2O2S/c1-2-3-6-9-15-18(16,17)11-13-8-5-4-7-12(13)10-14/h4-5,7-8,15H,2-3,6,9,11H2,1H3. The molecule has 0 radical (unpaired) electrons. The van der Waals surface area contributed by atoms with Crippen molar-refractivity contribution in [2.24, 2.45) is 0 Å². The van der Waals surface area contributed by atoms with Gasteiger partial charge in [-0.1, -0.05) is 38.0 Å². The van der Waals surface area contributed by atoms with Gasteiger partial charge in [0.05, 0.1) is 17.4 Å². The summed E-state index contributed by atoms with van der Waals surface area (Å²) in [6.07, 6.45) is 2.91. The fraction of sp³-hybridized carbons (Fsp3) is 0.462. The van der Waals surface area contributed by atoms with Crippen molar-refractivity contribution in [2.45, 2.75) is 31.9 Å². The zero-order valence-corrected chi connectivity index (χ0v) is 11.3. The smallest absolute Gasteiger partial charge is 0.215 e. The van der Waals surface area contributed by atoms with Crippen molar-refractivity contribution in [2.75, 3.05) is 6.54 Å². The maximum Gasteiger partial charge on any atom is 0.215 e. The van der Waals surface area contributed by atoms with Crippen LogP contribution < -0.4 is 4.72 Å². The fourth-order valence-corrected chi connectivity index (χ4v) is 2.83. The van der Waals surface area contributed by atoms with Gasteiger partial charge in [-0.15, -0.1) is 0 Å². The number of hydrogen-bond donors (Lipinski definition) is 1. The van der Waals surface area contributed by atoms with Crippen LogP contribution in [0.1, 0.15) is 37.3 Å². The average Bonchev–Trinajstić information content (AvgIpc) is 2.35. The lowest BCUT2D eigenvalue weighted by molar-refractivity contribution is 0.575. The third-order valence-electron chi connectivity index (χ3n) is 2.59. The molecule has 4 nitrogen and oxygen atoms in total. The molecule has 0 spiro atoms. The minimum atomic E-state index is -3.35. The van der Waals surface area contributed by atoms with Crippen molar-refractivity contribution in [1.29, 1.82) is 5.26 Å². The number of benzene rings is 1. The summed E-state index contributed by atoms with van der Waals surface area (Å²) in [5.41, 5.74) is 0.958. The molecule has 1 aromatic rings. The van der Waals surface area contributed by atoms with Crippen LogP contribution in [0.4, 0.5) is 0 Å². The lowest BCUT2D eigenvalue weighted by Crippen LogP contribution is -2.26. The summed E-state index contributed by atoms with van der Waals surface area (Å²) in [5.74, 6) is -0.136. The van der Waals surface area contributed by atoms with Crippen LogP contribution in [-0.2, 0) is 15.8 Å². The molecule has 5 heteroatoms. The molecule has 0 amide bonds. The first-order valence-electron chi connectivity index (χ1n) is 6.04. The topological polar surface area (TPSA) is 70.0 Å². The van der Waals surface area contributed by atoms with Gasteiger partial charge in [-0.25, -0.2) is 13.1 Å². The lowest BCUT2D eigenvalue weighted by atomic mass is 10.1. The Morgan fingerprint density at radius 3 is 2.67 bits per heavy atom. The van der Waals surface area contributed by atoms with E-state index < -0.39 is 10.0 Å². The number of nitrogens with zero attached hydrogens (tertiary/aromatic N) is 1. The molecule has 0 aliphatic rings. The molecule has 1 aromatic carbocycles. The van der Waals surface area contributed by atoms with Gasteiger partial charge in [-0.05, 0) is 18.1 Å². The molecule has 1 N–H and O–H groups in total. The number of nitrogens with one attached hydrogen (secondary N) is 1. The van der Waals surface area contributed by atoms with Crippen molar-refractivity contribution < 1.29 is 8.42 Å². The summed E-state index contributed by atoms with van der Waals surface area (Å²) in [5, 5.41) is 8.90. The van der Waals surface area contributed by atoms with Gasteiger partial charge < -0.3 is 0 Å². The molecule has 18 heavy (non-hydrogen) atoms. The van der Waals surface area contributed by atoms with E-state index in [9.17, 15) is 8.42 Å². The molecule has 0 bridgehead atoms. The van der Waals surface area contributed by atoms with E-state index >= 15 is 0 Å². The predicted octanol–water partition coefficient (Wildman–Crippen LogP) is 2.17. The van der Waals surface area contributed by atoms with Crippen LogP contribution in [0.5, 0.6) is 0 Å². The second-order valence-electron chi connectivity index (χ2n) is 4.13. The molecule has 0 aliphatic carbocycles. The number of unbranched alkanes of at least 4 members (excludes halogenated alkanes) is 2. The van der Waals surface area contributed by atoms with Crippen LogP contribution >= 0.6 is 0 Å². The molecule has 0 saturated carbocycles. The summed E-state index contributed by atoms with van der Waals surface area (Å²) in [6, 6.07) is 8.76. The van der Waals surface area contributed by atoms with E-state index in [0.717, 1.165) is 19.3 Å². The van der Waals surface area contributed by atoms with Gasteiger partial charge in [0.2, 0.25) is 10.0 Å². The Balaban J connectivity index is 2.63. The third kappa shape index (κ3) is 4.86. The van der Waals surface area contributed by atoms with Crippen LogP contribution in [0, 0.1) is 11.3 Å². The monoisotopic (exact) mass is 266 g/mol. The largest absolute Gasteiger partial charge is 0.215 e. The van der Waals surface area contributed by atoms with Crippen LogP contribution in [0.3, 0.4) is 0 Å². The number of nitriles is 1. The van der Waals surface area contributed by atoms with E-state index in [4.69, 9.17) is 5.26 Å². The van der Waals surface area contributed by atoms with Crippen LogP contribution in [0.15, 0.2) is 24.3 Å². The van der Waals surface area contributed by atoms with Crippen molar-refractivity contribution in [1.82, 2.24) is 4.72 Å². The SMILES string of the molecule is CCCCCNS(=O)(=O)Cc1ccccc1C#N. The summed E-state index contributed by atoms with van der Waals surface area (Å²) >= 11 is 0. The zero-order chi connectivity index (χ0) is 13.4. The second kappa shape index (κ2) is 7.14. The van der Waals surface area contributed by atoms with E-state index in [2.05, 4.69) is 11.6 Å². The molecule has 0 fully saturated rings. The third-order valence-corrected chi connectivity index (χ3v) is 3.92. The first-order chi connectivity index (χ1) is 8.59. The highest BCUT2D eigenvalue weighted by Gasteiger charge is 2.13. The van der Waals surface area contributed by atoms with E-state index in [-0.39, 0.29) is 5.75 Å². The van der Waals surface area contributed by atoms with Crippen LogP contribution in [0.25, 0.3) is 0 Å². The Labute approximate surface area is 109 Å². The first kappa shape index (κ1) is 14.7. The Morgan fingerprint density at radius 1 is 1.28 bits per heavy atom. The molecule has 0 atom stereocenters. The molecular weight excluding hydrogens is 248 g/mol. The van der Waals surface area contributed by atoms with E-state index in [1.165, 1.54) is 0 Å². The van der Waals surface area contributed by atoms with Gasteiger partial charge in [0.1, 0.15) is 0 Å². The highest BCUT2D eigenvalue weighted by atomic mass is 32.2. The summed E-state index contributed by atoms with van der Waals surface area (Å²) in [4.78, 5) is 0. The van der Waals surface area contributed by atoms with Gasteiger partial charge in [-0.3, -0.25) is 0 Å². The van der Waals surface area contributed by atoms with E-state index in [1.807, 2.05) is 6.07 Å². The van der Waals surface area contributed by atoms with E-state index in [0.29, 0.717) is 17.7 Å². The average molecular weight is 266 g/mol. The molecule has 1 rings (SSSR count). The fourth-order valence-electron chi connectivity index (χ4n) is 1.61. The van der Waals surface area contributed by atoms with Crippen LogP contribution in [0.2, 0.25) is 0 Å². The van der Waals surface area contributed by atoms with Gasteiger partial charge >= 0.3 is 0 Å². The highest BCUT2D eigenvalue weighted by Crippen LogP contribution is 2.10. The minimum Gasteiger partial charge on any atom is -0.215 e. The van der Waals surface area contributed by atoms with Crippen molar-refractivity contribution in [3.05, 3.63) is 35.4 Å². The number of hydrogen-bond acceptors (Lipinski definition) is 3. The van der Waals surface area contributed by atoms with Gasteiger partial charge in [0, 0.05) is 6.54 Å². The van der Waals surface area contributed by atoms with Crippen molar-refractivity contribution >= 4 is 10.0 Å².